The van der Waals surface area contributed by atoms with Crippen LogP contribution < -0.4 is 9.64 Å². The zero-order chi connectivity index (χ0) is 15.5. The molecule has 1 saturated heterocycles. The number of piperidine rings is 1. The summed E-state index contributed by atoms with van der Waals surface area (Å²) in [6.45, 7) is 4.37. The van der Waals surface area contributed by atoms with Crippen molar-refractivity contribution in [3.63, 3.8) is 0 Å². The van der Waals surface area contributed by atoms with Crippen molar-refractivity contribution in [3.8, 4) is 5.75 Å². The first-order chi connectivity index (χ1) is 11.4. The van der Waals surface area contributed by atoms with Crippen LogP contribution in [-0.4, -0.2) is 37.2 Å². The van der Waals surface area contributed by atoms with E-state index in [1.165, 1.54) is 43.7 Å². The number of para-hydroxylation sites is 3. The zero-order valence-corrected chi connectivity index (χ0v) is 13.5. The van der Waals surface area contributed by atoms with Crippen molar-refractivity contribution in [2.24, 2.45) is 0 Å². The first kappa shape index (κ1) is 14.6. The van der Waals surface area contributed by atoms with E-state index < -0.39 is 0 Å². The van der Waals surface area contributed by atoms with Crippen molar-refractivity contribution >= 4 is 11.4 Å². The third-order valence-corrected chi connectivity index (χ3v) is 4.81. The lowest BCUT2D eigenvalue weighted by Gasteiger charge is -2.39. The predicted molar refractivity (Wildman–Crippen MR) is 94.6 cm³/mol. The summed E-state index contributed by atoms with van der Waals surface area (Å²) in [7, 11) is 0. The number of anilines is 2. The molecule has 3 heteroatoms. The van der Waals surface area contributed by atoms with E-state index in [1.54, 1.807) is 0 Å². The van der Waals surface area contributed by atoms with Crippen molar-refractivity contribution in [2.75, 3.05) is 31.1 Å². The number of benzene rings is 2. The third-order valence-electron chi connectivity index (χ3n) is 4.81. The molecule has 4 rings (SSSR count). The maximum absolute atomic E-state index is 6.30. The highest BCUT2D eigenvalue weighted by Gasteiger charge is 2.28. The average Bonchev–Trinajstić information content (AvgIpc) is 2.63. The summed E-state index contributed by atoms with van der Waals surface area (Å²) in [4.78, 5) is 4.96. The number of fused-ring (bicyclic) bond motifs is 1. The summed E-state index contributed by atoms with van der Waals surface area (Å²) in [6, 6.07) is 19.0. The van der Waals surface area contributed by atoms with Gasteiger partial charge in [0.15, 0.2) is 0 Å². The van der Waals surface area contributed by atoms with E-state index in [2.05, 4.69) is 64.4 Å². The molecule has 2 aliphatic heterocycles. The Morgan fingerprint density at radius 2 is 1.61 bits per heavy atom. The van der Waals surface area contributed by atoms with Crippen LogP contribution in [0.1, 0.15) is 19.3 Å². The zero-order valence-electron chi connectivity index (χ0n) is 13.5. The molecule has 120 valence electrons. The number of hydrogen-bond acceptors (Lipinski definition) is 3. The van der Waals surface area contributed by atoms with Gasteiger partial charge >= 0.3 is 0 Å². The van der Waals surface area contributed by atoms with Gasteiger partial charge < -0.3 is 9.64 Å². The van der Waals surface area contributed by atoms with Crippen LogP contribution in [0.5, 0.6) is 5.75 Å². The summed E-state index contributed by atoms with van der Waals surface area (Å²) >= 11 is 0. The minimum atomic E-state index is 0.225. The van der Waals surface area contributed by atoms with Crippen LogP contribution in [0.2, 0.25) is 0 Å². The van der Waals surface area contributed by atoms with E-state index in [9.17, 15) is 0 Å². The summed E-state index contributed by atoms with van der Waals surface area (Å²) < 4.78 is 6.30. The monoisotopic (exact) mass is 308 g/mol. The number of likely N-dealkylation sites (tertiary alicyclic amines) is 1. The molecule has 0 N–H and O–H groups in total. The number of ether oxygens (including phenoxy) is 1. The van der Waals surface area contributed by atoms with Gasteiger partial charge in [0.2, 0.25) is 0 Å². The molecule has 0 amide bonds. The molecule has 0 radical (unpaired) electrons. The van der Waals surface area contributed by atoms with Crippen molar-refractivity contribution in [2.45, 2.75) is 25.4 Å². The van der Waals surface area contributed by atoms with Gasteiger partial charge in [-0.3, -0.25) is 4.90 Å². The number of rotatable bonds is 3. The Kier molecular flexibility index (Phi) is 4.20. The Morgan fingerprint density at radius 3 is 2.43 bits per heavy atom. The maximum Gasteiger partial charge on any atom is 0.143 e. The Morgan fingerprint density at radius 1 is 0.870 bits per heavy atom. The van der Waals surface area contributed by atoms with Crippen LogP contribution in [0.3, 0.4) is 0 Å². The SMILES string of the molecule is c1ccc(N2CC(CN3CCCCC3)Oc3ccccc32)cc1. The lowest BCUT2D eigenvalue weighted by molar-refractivity contribution is 0.118. The highest BCUT2D eigenvalue weighted by atomic mass is 16.5. The summed E-state index contributed by atoms with van der Waals surface area (Å²) in [5.74, 6) is 1.00. The molecule has 0 saturated carbocycles. The van der Waals surface area contributed by atoms with E-state index in [-0.39, 0.29) is 6.10 Å². The Labute approximate surface area is 138 Å². The van der Waals surface area contributed by atoms with Gasteiger partial charge in [-0.15, -0.1) is 0 Å². The van der Waals surface area contributed by atoms with Gasteiger partial charge in [-0.2, -0.15) is 0 Å². The van der Waals surface area contributed by atoms with Crippen LogP contribution in [0.4, 0.5) is 11.4 Å². The van der Waals surface area contributed by atoms with E-state index in [1.807, 2.05) is 0 Å². The fourth-order valence-corrected chi connectivity index (χ4v) is 3.68. The lowest BCUT2D eigenvalue weighted by Crippen LogP contribution is -2.46. The molecule has 2 aromatic carbocycles. The highest BCUT2D eigenvalue weighted by molar-refractivity contribution is 5.70. The fourth-order valence-electron chi connectivity index (χ4n) is 3.68. The van der Waals surface area contributed by atoms with Gasteiger partial charge in [-0.05, 0) is 50.2 Å². The van der Waals surface area contributed by atoms with E-state index in [0.717, 1.165) is 18.8 Å². The average molecular weight is 308 g/mol. The Hall–Kier alpha value is -2.00. The van der Waals surface area contributed by atoms with Crippen molar-refractivity contribution in [3.05, 3.63) is 54.6 Å². The standard InChI is InChI=1S/C20H24N2O/c1-3-9-17(10-4-1)22-16-18(15-21-13-7-2-8-14-21)23-20-12-6-5-11-19(20)22/h1,3-6,9-12,18H,2,7-8,13-16H2. The quantitative estimate of drug-likeness (QED) is 0.850. The lowest BCUT2D eigenvalue weighted by atomic mass is 10.1. The molecule has 1 fully saturated rings. The van der Waals surface area contributed by atoms with Gasteiger partial charge in [0.1, 0.15) is 11.9 Å². The fraction of sp³-hybridized carbons (Fsp3) is 0.400. The van der Waals surface area contributed by atoms with Crippen molar-refractivity contribution in [1.82, 2.24) is 4.90 Å². The molecular formula is C20H24N2O. The molecular weight excluding hydrogens is 284 g/mol. The van der Waals surface area contributed by atoms with Crippen LogP contribution in [0, 0.1) is 0 Å². The molecule has 2 heterocycles. The largest absolute Gasteiger partial charge is 0.485 e. The predicted octanol–water partition coefficient (Wildman–Crippen LogP) is 4.07. The second-order valence-corrected chi connectivity index (χ2v) is 6.52. The minimum Gasteiger partial charge on any atom is -0.485 e. The molecule has 1 unspecified atom stereocenters. The van der Waals surface area contributed by atoms with Crippen LogP contribution in [0.15, 0.2) is 54.6 Å². The van der Waals surface area contributed by atoms with E-state index >= 15 is 0 Å². The van der Waals surface area contributed by atoms with Crippen LogP contribution >= 0.6 is 0 Å². The third kappa shape index (κ3) is 3.20. The van der Waals surface area contributed by atoms with E-state index in [4.69, 9.17) is 4.74 Å². The number of nitrogens with zero attached hydrogens (tertiary/aromatic N) is 2. The van der Waals surface area contributed by atoms with Crippen LogP contribution in [0.25, 0.3) is 0 Å². The molecule has 0 spiro atoms. The second kappa shape index (κ2) is 6.63. The van der Waals surface area contributed by atoms with Crippen molar-refractivity contribution < 1.29 is 4.74 Å². The summed E-state index contributed by atoms with van der Waals surface area (Å²) in [6.07, 6.45) is 4.25. The smallest absolute Gasteiger partial charge is 0.143 e. The highest BCUT2D eigenvalue weighted by Crippen LogP contribution is 2.38. The molecule has 2 aliphatic rings. The normalized spacial score (nSPS) is 21.6. The van der Waals surface area contributed by atoms with Gasteiger partial charge in [-0.25, -0.2) is 0 Å². The van der Waals surface area contributed by atoms with Gasteiger partial charge in [0.05, 0.1) is 12.2 Å². The van der Waals surface area contributed by atoms with Gasteiger partial charge in [-0.1, -0.05) is 36.8 Å². The molecule has 0 aliphatic carbocycles. The second-order valence-electron chi connectivity index (χ2n) is 6.52. The molecule has 1 atom stereocenters. The molecule has 3 nitrogen and oxygen atoms in total. The molecule has 23 heavy (non-hydrogen) atoms. The minimum absolute atomic E-state index is 0.225. The van der Waals surface area contributed by atoms with Gasteiger partial charge in [0, 0.05) is 12.2 Å². The van der Waals surface area contributed by atoms with Gasteiger partial charge in [0.25, 0.3) is 0 Å². The Bertz CT molecular complexity index is 637. The van der Waals surface area contributed by atoms with Crippen molar-refractivity contribution in [1.29, 1.82) is 0 Å². The number of hydrogen-bond donors (Lipinski definition) is 0. The summed E-state index contributed by atoms with van der Waals surface area (Å²) in [5, 5.41) is 0. The molecule has 2 aromatic rings. The summed E-state index contributed by atoms with van der Waals surface area (Å²) in [5.41, 5.74) is 2.42. The maximum atomic E-state index is 6.30. The first-order valence-electron chi connectivity index (χ1n) is 8.71. The molecule has 0 bridgehead atoms. The topological polar surface area (TPSA) is 15.7 Å². The molecule has 0 aromatic heterocycles. The van der Waals surface area contributed by atoms with E-state index in [0.29, 0.717) is 0 Å². The van der Waals surface area contributed by atoms with Crippen LogP contribution in [-0.2, 0) is 0 Å². The Balaban J connectivity index is 1.58. The first-order valence-corrected chi connectivity index (χ1v) is 8.71.